The van der Waals surface area contributed by atoms with Gasteiger partial charge in [-0.3, -0.25) is 19.4 Å². The fraction of sp³-hybridized carbons (Fsp3) is 0.263. The number of aromatic nitrogens is 1. The van der Waals surface area contributed by atoms with Crippen LogP contribution in [0.25, 0.3) is 0 Å². The Kier molecular flexibility index (Phi) is 6.43. The van der Waals surface area contributed by atoms with Gasteiger partial charge in [0, 0.05) is 38.1 Å². The van der Waals surface area contributed by atoms with E-state index in [0.29, 0.717) is 25.2 Å². The molecular formula is C19H22N4O3. The molecule has 0 aliphatic carbocycles. The zero-order valence-corrected chi connectivity index (χ0v) is 14.9. The lowest BCUT2D eigenvalue weighted by molar-refractivity contribution is -0.145. The molecule has 0 fully saturated rings. The lowest BCUT2D eigenvalue weighted by atomic mass is 10.2. The summed E-state index contributed by atoms with van der Waals surface area (Å²) in [5.41, 5.74) is 7.41. The van der Waals surface area contributed by atoms with Crippen LogP contribution in [0.4, 0.5) is 11.4 Å². The van der Waals surface area contributed by atoms with Crippen molar-refractivity contribution in [3.05, 3.63) is 54.4 Å². The Morgan fingerprint density at radius 2 is 1.77 bits per heavy atom. The highest BCUT2D eigenvalue weighted by Crippen LogP contribution is 2.18. The Bertz CT molecular complexity index is 792. The maximum absolute atomic E-state index is 12.7. The van der Waals surface area contributed by atoms with E-state index >= 15 is 0 Å². The van der Waals surface area contributed by atoms with Gasteiger partial charge in [0.2, 0.25) is 5.91 Å². The van der Waals surface area contributed by atoms with Crippen molar-refractivity contribution in [1.29, 1.82) is 0 Å². The zero-order valence-electron chi connectivity index (χ0n) is 14.9. The van der Waals surface area contributed by atoms with Gasteiger partial charge in [0.05, 0.1) is 5.69 Å². The number of amides is 3. The van der Waals surface area contributed by atoms with Crippen LogP contribution < -0.4 is 10.6 Å². The van der Waals surface area contributed by atoms with Gasteiger partial charge in [-0.2, -0.15) is 0 Å². The summed E-state index contributed by atoms with van der Waals surface area (Å²) in [6, 6.07) is 10.0. The summed E-state index contributed by atoms with van der Waals surface area (Å²) in [7, 11) is 0. The van der Waals surface area contributed by atoms with Gasteiger partial charge >= 0.3 is 11.8 Å². The largest absolute Gasteiger partial charge is 0.399 e. The molecule has 7 nitrogen and oxygen atoms in total. The number of carbonyl (C=O) groups is 3. The number of nitrogens with two attached hydrogens (primary N) is 1. The highest BCUT2D eigenvalue weighted by molar-refractivity contribution is 6.45. The standard InChI is InChI=1S/C19H22N4O3/c1-3-22(12-9-15-7-10-21-11-8-15)18(25)19(26)23(14(2)24)17-6-4-5-16(20)13-17/h4-8,10-11,13H,3,9,12,20H2,1-2H3. The molecule has 136 valence electrons. The molecule has 7 heteroatoms. The molecule has 3 amide bonds. The van der Waals surface area contributed by atoms with E-state index in [4.69, 9.17) is 5.73 Å². The van der Waals surface area contributed by atoms with Crippen LogP contribution in [0.5, 0.6) is 0 Å². The van der Waals surface area contributed by atoms with E-state index in [1.807, 2.05) is 12.1 Å². The Morgan fingerprint density at radius 3 is 2.35 bits per heavy atom. The number of nitrogen functional groups attached to an aromatic ring is 1. The summed E-state index contributed by atoms with van der Waals surface area (Å²) in [5, 5.41) is 0. The van der Waals surface area contributed by atoms with E-state index < -0.39 is 17.7 Å². The molecule has 1 aromatic heterocycles. The Balaban J connectivity index is 2.15. The number of pyridine rings is 1. The van der Waals surface area contributed by atoms with Crippen molar-refractivity contribution in [2.24, 2.45) is 0 Å². The van der Waals surface area contributed by atoms with Crippen molar-refractivity contribution in [2.45, 2.75) is 20.3 Å². The topological polar surface area (TPSA) is 96.6 Å². The fourth-order valence-corrected chi connectivity index (χ4v) is 2.55. The molecule has 1 heterocycles. The summed E-state index contributed by atoms with van der Waals surface area (Å²) in [6.45, 7) is 3.75. The number of likely N-dealkylation sites (N-methyl/N-ethyl adjacent to an activating group) is 1. The van der Waals surface area contributed by atoms with Crippen LogP contribution in [-0.2, 0) is 20.8 Å². The molecule has 2 N–H and O–H groups in total. The smallest absolute Gasteiger partial charge is 0.323 e. The first-order chi connectivity index (χ1) is 12.4. The van der Waals surface area contributed by atoms with Gasteiger partial charge in [-0.1, -0.05) is 6.07 Å². The molecule has 0 aliphatic rings. The van der Waals surface area contributed by atoms with E-state index in [2.05, 4.69) is 4.98 Å². The van der Waals surface area contributed by atoms with Crippen molar-refractivity contribution in [1.82, 2.24) is 9.88 Å². The highest BCUT2D eigenvalue weighted by atomic mass is 16.2. The van der Waals surface area contributed by atoms with Gasteiger partial charge in [-0.05, 0) is 49.2 Å². The summed E-state index contributed by atoms with van der Waals surface area (Å²) < 4.78 is 0. The van der Waals surface area contributed by atoms with Crippen LogP contribution in [0, 0.1) is 0 Å². The van der Waals surface area contributed by atoms with E-state index in [0.717, 1.165) is 10.5 Å². The molecule has 0 saturated carbocycles. The molecular weight excluding hydrogens is 332 g/mol. The van der Waals surface area contributed by atoms with Crippen LogP contribution in [0.3, 0.4) is 0 Å². The predicted molar refractivity (Wildman–Crippen MR) is 99.2 cm³/mol. The minimum atomic E-state index is -0.889. The van der Waals surface area contributed by atoms with Crippen molar-refractivity contribution >= 4 is 29.1 Å². The Morgan fingerprint density at radius 1 is 1.08 bits per heavy atom. The molecule has 1 aromatic carbocycles. The number of hydrogen-bond acceptors (Lipinski definition) is 5. The number of hydrogen-bond donors (Lipinski definition) is 1. The first-order valence-corrected chi connectivity index (χ1v) is 8.32. The van der Waals surface area contributed by atoms with Crippen LogP contribution >= 0.6 is 0 Å². The SMILES string of the molecule is CCN(CCc1ccncc1)C(=O)C(=O)N(C(C)=O)c1cccc(N)c1. The summed E-state index contributed by atoms with van der Waals surface area (Å²) >= 11 is 0. The lowest BCUT2D eigenvalue weighted by Crippen LogP contribution is -2.47. The highest BCUT2D eigenvalue weighted by Gasteiger charge is 2.30. The van der Waals surface area contributed by atoms with E-state index in [1.54, 1.807) is 37.5 Å². The Labute approximate surface area is 152 Å². The van der Waals surface area contributed by atoms with Crippen molar-refractivity contribution in [3.8, 4) is 0 Å². The van der Waals surface area contributed by atoms with Crippen LogP contribution in [-0.4, -0.2) is 40.7 Å². The minimum Gasteiger partial charge on any atom is -0.399 e. The molecule has 0 spiro atoms. The second-order valence-corrected chi connectivity index (χ2v) is 5.74. The summed E-state index contributed by atoms with van der Waals surface area (Å²) in [6.07, 6.45) is 3.94. The summed E-state index contributed by atoms with van der Waals surface area (Å²) in [5.74, 6) is -2.15. The molecule has 0 saturated heterocycles. The number of imide groups is 1. The number of nitrogens with zero attached hydrogens (tertiary/aromatic N) is 3. The maximum atomic E-state index is 12.7. The number of anilines is 2. The monoisotopic (exact) mass is 354 g/mol. The number of rotatable bonds is 5. The second kappa shape index (κ2) is 8.75. The maximum Gasteiger partial charge on any atom is 0.323 e. The average Bonchev–Trinajstić information content (AvgIpc) is 2.62. The molecule has 2 rings (SSSR count). The van der Waals surface area contributed by atoms with Crippen LogP contribution in [0.15, 0.2) is 48.8 Å². The average molecular weight is 354 g/mol. The normalized spacial score (nSPS) is 10.2. The molecule has 26 heavy (non-hydrogen) atoms. The quantitative estimate of drug-likeness (QED) is 0.650. The predicted octanol–water partition coefficient (Wildman–Crippen LogP) is 1.63. The van der Waals surface area contributed by atoms with Gasteiger partial charge < -0.3 is 10.6 Å². The van der Waals surface area contributed by atoms with Gasteiger partial charge in [-0.15, -0.1) is 0 Å². The van der Waals surface area contributed by atoms with E-state index in [1.165, 1.54) is 17.9 Å². The van der Waals surface area contributed by atoms with E-state index in [9.17, 15) is 14.4 Å². The minimum absolute atomic E-state index is 0.279. The van der Waals surface area contributed by atoms with Gasteiger partial charge in [0.15, 0.2) is 0 Å². The molecule has 2 aromatic rings. The fourth-order valence-electron chi connectivity index (χ4n) is 2.55. The third kappa shape index (κ3) is 4.66. The molecule has 0 unspecified atom stereocenters. The first-order valence-electron chi connectivity index (χ1n) is 8.32. The van der Waals surface area contributed by atoms with Gasteiger partial charge in [0.25, 0.3) is 0 Å². The molecule has 0 radical (unpaired) electrons. The molecule has 0 bridgehead atoms. The van der Waals surface area contributed by atoms with Crippen LogP contribution in [0.2, 0.25) is 0 Å². The third-order valence-electron chi connectivity index (χ3n) is 3.92. The Hall–Kier alpha value is -3.22. The number of benzene rings is 1. The summed E-state index contributed by atoms with van der Waals surface area (Å²) in [4.78, 5) is 43.5. The number of carbonyl (C=O) groups excluding carboxylic acids is 3. The van der Waals surface area contributed by atoms with Gasteiger partial charge in [0.1, 0.15) is 0 Å². The van der Waals surface area contributed by atoms with Crippen molar-refractivity contribution in [2.75, 3.05) is 23.7 Å². The molecule has 0 aliphatic heterocycles. The molecule has 0 atom stereocenters. The van der Waals surface area contributed by atoms with Gasteiger partial charge in [-0.25, -0.2) is 4.90 Å². The van der Waals surface area contributed by atoms with Crippen molar-refractivity contribution < 1.29 is 14.4 Å². The third-order valence-corrected chi connectivity index (χ3v) is 3.92. The van der Waals surface area contributed by atoms with E-state index in [-0.39, 0.29) is 5.69 Å². The lowest BCUT2D eigenvalue weighted by Gasteiger charge is -2.24. The van der Waals surface area contributed by atoms with Crippen LogP contribution in [0.1, 0.15) is 19.4 Å². The van der Waals surface area contributed by atoms with Crippen molar-refractivity contribution in [3.63, 3.8) is 0 Å². The first kappa shape index (κ1) is 19.1. The second-order valence-electron chi connectivity index (χ2n) is 5.74. The zero-order chi connectivity index (χ0) is 19.1.